The molecule has 2 aromatic carbocycles. The van der Waals surface area contributed by atoms with E-state index in [2.05, 4.69) is 6.92 Å². The van der Waals surface area contributed by atoms with Gasteiger partial charge in [-0.3, -0.25) is 4.79 Å². The van der Waals surface area contributed by atoms with Gasteiger partial charge in [-0.05, 0) is 35.8 Å². The Bertz CT molecular complexity index is 806. The topological polar surface area (TPSA) is 61.8 Å². The van der Waals surface area contributed by atoms with Gasteiger partial charge in [0.2, 0.25) is 0 Å². The van der Waals surface area contributed by atoms with E-state index < -0.39 is 5.97 Å². The Morgan fingerprint density at radius 3 is 2.30 bits per heavy atom. The lowest BCUT2D eigenvalue weighted by Crippen LogP contribution is -2.12. The standard InChI is InChI=1S/C22H24O5/c1-4-5-16-6-10-18(11-7-16)19(23)15-27-22(24)13-9-17-8-12-20(25-2)21(14-17)26-3/h6-14H,4-5,15H2,1-3H3/b13-9+. The van der Waals surface area contributed by atoms with Gasteiger partial charge in [0, 0.05) is 11.6 Å². The van der Waals surface area contributed by atoms with Gasteiger partial charge in [-0.25, -0.2) is 4.79 Å². The molecule has 0 aromatic heterocycles. The number of rotatable bonds is 9. The normalized spacial score (nSPS) is 10.6. The average molecular weight is 368 g/mol. The van der Waals surface area contributed by atoms with Crippen LogP contribution in [0.1, 0.15) is 34.8 Å². The molecule has 0 atom stereocenters. The lowest BCUT2D eigenvalue weighted by atomic mass is 10.1. The third-order valence-electron chi connectivity index (χ3n) is 3.98. The number of carbonyl (C=O) groups is 2. The van der Waals surface area contributed by atoms with Crippen molar-refractivity contribution in [3.05, 3.63) is 65.2 Å². The van der Waals surface area contributed by atoms with Crippen molar-refractivity contribution in [3.8, 4) is 11.5 Å². The van der Waals surface area contributed by atoms with Gasteiger partial charge in [0.15, 0.2) is 23.9 Å². The Hall–Kier alpha value is -3.08. The fraction of sp³-hybridized carbons (Fsp3) is 0.273. The van der Waals surface area contributed by atoms with Crippen LogP contribution in [0.2, 0.25) is 0 Å². The number of methoxy groups -OCH3 is 2. The van der Waals surface area contributed by atoms with Gasteiger partial charge in [-0.15, -0.1) is 0 Å². The Morgan fingerprint density at radius 2 is 1.67 bits per heavy atom. The number of ether oxygens (including phenoxy) is 3. The maximum Gasteiger partial charge on any atom is 0.331 e. The molecule has 0 aliphatic carbocycles. The first-order valence-corrected chi connectivity index (χ1v) is 8.76. The van der Waals surface area contributed by atoms with Crippen LogP contribution in [0.3, 0.4) is 0 Å². The molecule has 2 aromatic rings. The molecule has 0 saturated carbocycles. The van der Waals surface area contributed by atoms with Gasteiger partial charge in [0.1, 0.15) is 0 Å². The number of hydrogen-bond donors (Lipinski definition) is 0. The predicted octanol–water partition coefficient (Wildman–Crippen LogP) is 4.10. The van der Waals surface area contributed by atoms with Gasteiger partial charge < -0.3 is 14.2 Å². The summed E-state index contributed by atoms with van der Waals surface area (Å²) in [6.45, 7) is 1.82. The molecule has 0 heterocycles. The van der Waals surface area contributed by atoms with Crippen molar-refractivity contribution < 1.29 is 23.8 Å². The molecule has 0 N–H and O–H groups in total. The fourth-order valence-corrected chi connectivity index (χ4v) is 2.53. The summed E-state index contributed by atoms with van der Waals surface area (Å²) in [4.78, 5) is 24.0. The average Bonchev–Trinajstić information content (AvgIpc) is 2.71. The summed E-state index contributed by atoms with van der Waals surface area (Å²) in [7, 11) is 3.10. The van der Waals surface area contributed by atoms with E-state index in [1.165, 1.54) is 11.6 Å². The van der Waals surface area contributed by atoms with Crippen molar-refractivity contribution in [2.45, 2.75) is 19.8 Å². The van der Waals surface area contributed by atoms with Crippen LogP contribution in [0.5, 0.6) is 11.5 Å². The minimum atomic E-state index is -0.583. The molecule has 142 valence electrons. The largest absolute Gasteiger partial charge is 0.493 e. The Kier molecular flexibility index (Phi) is 7.62. The third kappa shape index (κ3) is 5.99. The van der Waals surface area contributed by atoms with E-state index >= 15 is 0 Å². The summed E-state index contributed by atoms with van der Waals surface area (Å²) in [5.41, 5.74) is 2.47. The second kappa shape index (κ2) is 10.2. The molecule has 0 radical (unpaired) electrons. The highest BCUT2D eigenvalue weighted by atomic mass is 16.5. The maximum atomic E-state index is 12.1. The smallest absolute Gasteiger partial charge is 0.331 e. The molecular formula is C22H24O5. The van der Waals surface area contributed by atoms with Crippen LogP contribution in [0.4, 0.5) is 0 Å². The molecule has 0 aliphatic heterocycles. The molecule has 0 saturated heterocycles. The molecule has 0 bridgehead atoms. The van der Waals surface area contributed by atoms with Crippen molar-refractivity contribution in [3.63, 3.8) is 0 Å². The highest BCUT2D eigenvalue weighted by Crippen LogP contribution is 2.27. The summed E-state index contributed by atoms with van der Waals surface area (Å²) in [5, 5.41) is 0. The number of hydrogen-bond acceptors (Lipinski definition) is 5. The van der Waals surface area contributed by atoms with Gasteiger partial charge in [-0.2, -0.15) is 0 Å². The summed E-state index contributed by atoms with van der Waals surface area (Å²) < 4.78 is 15.4. The molecule has 0 spiro atoms. The molecule has 27 heavy (non-hydrogen) atoms. The Balaban J connectivity index is 1.89. The maximum absolute atomic E-state index is 12.1. The minimum Gasteiger partial charge on any atom is -0.493 e. The van der Waals surface area contributed by atoms with Crippen LogP contribution in [-0.2, 0) is 16.0 Å². The first kappa shape index (κ1) is 20.2. The Labute approximate surface area is 159 Å². The van der Waals surface area contributed by atoms with Crippen LogP contribution in [0, 0.1) is 0 Å². The van der Waals surface area contributed by atoms with E-state index in [0.29, 0.717) is 17.1 Å². The monoisotopic (exact) mass is 368 g/mol. The molecule has 2 rings (SSSR count). The first-order chi connectivity index (χ1) is 13.1. The zero-order valence-electron chi connectivity index (χ0n) is 15.9. The van der Waals surface area contributed by atoms with Crippen LogP contribution in [0.15, 0.2) is 48.5 Å². The number of ketones is 1. The van der Waals surface area contributed by atoms with E-state index in [0.717, 1.165) is 18.4 Å². The molecule has 5 heteroatoms. The fourth-order valence-electron chi connectivity index (χ4n) is 2.53. The molecule has 0 aliphatic rings. The van der Waals surface area contributed by atoms with Crippen LogP contribution in [0.25, 0.3) is 6.08 Å². The molecule has 5 nitrogen and oxygen atoms in total. The zero-order chi connectivity index (χ0) is 19.6. The summed E-state index contributed by atoms with van der Waals surface area (Å²) in [6, 6.07) is 12.7. The minimum absolute atomic E-state index is 0.231. The quantitative estimate of drug-likeness (QED) is 0.379. The van der Waals surface area contributed by atoms with Gasteiger partial charge in [0.25, 0.3) is 0 Å². The van der Waals surface area contributed by atoms with Crippen molar-refractivity contribution in [2.75, 3.05) is 20.8 Å². The highest BCUT2D eigenvalue weighted by molar-refractivity contribution is 5.98. The van der Waals surface area contributed by atoms with Crippen LogP contribution in [-0.4, -0.2) is 32.6 Å². The molecule has 0 fully saturated rings. The van der Waals surface area contributed by atoms with Gasteiger partial charge >= 0.3 is 5.97 Å². The number of aryl methyl sites for hydroxylation is 1. The predicted molar refractivity (Wildman–Crippen MR) is 104 cm³/mol. The van der Waals surface area contributed by atoms with E-state index in [1.807, 2.05) is 12.1 Å². The van der Waals surface area contributed by atoms with E-state index in [9.17, 15) is 9.59 Å². The number of Topliss-reactive ketones (excluding diaryl/α,β-unsaturated/α-hetero) is 1. The lowest BCUT2D eigenvalue weighted by molar-refractivity contribution is -0.136. The van der Waals surface area contributed by atoms with Crippen molar-refractivity contribution in [1.29, 1.82) is 0 Å². The van der Waals surface area contributed by atoms with Gasteiger partial charge in [0.05, 0.1) is 14.2 Å². The summed E-state index contributed by atoms with van der Waals surface area (Å²) in [6.07, 6.45) is 4.90. The molecule has 0 amide bonds. The zero-order valence-corrected chi connectivity index (χ0v) is 15.9. The third-order valence-corrected chi connectivity index (χ3v) is 3.98. The van der Waals surface area contributed by atoms with Crippen LogP contribution >= 0.6 is 0 Å². The Morgan fingerprint density at radius 1 is 0.963 bits per heavy atom. The van der Waals surface area contributed by atoms with Crippen molar-refractivity contribution in [2.24, 2.45) is 0 Å². The lowest BCUT2D eigenvalue weighted by Gasteiger charge is -2.07. The van der Waals surface area contributed by atoms with E-state index in [1.54, 1.807) is 50.6 Å². The molecular weight excluding hydrogens is 344 g/mol. The summed E-state index contributed by atoms with van der Waals surface area (Å²) in [5.74, 6) is 0.356. The summed E-state index contributed by atoms with van der Waals surface area (Å²) >= 11 is 0. The van der Waals surface area contributed by atoms with Crippen molar-refractivity contribution >= 4 is 17.8 Å². The highest BCUT2D eigenvalue weighted by Gasteiger charge is 2.09. The van der Waals surface area contributed by atoms with E-state index in [-0.39, 0.29) is 12.4 Å². The second-order valence-electron chi connectivity index (χ2n) is 5.93. The van der Waals surface area contributed by atoms with Crippen LogP contribution < -0.4 is 9.47 Å². The SMILES string of the molecule is CCCc1ccc(C(=O)COC(=O)/C=C/c2ccc(OC)c(OC)c2)cc1. The van der Waals surface area contributed by atoms with Gasteiger partial charge in [-0.1, -0.05) is 43.7 Å². The number of esters is 1. The molecule has 0 unspecified atom stereocenters. The number of carbonyl (C=O) groups excluding carboxylic acids is 2. The second-order valence-corrected chi connectivity index (χ2v) is 5.93. The first-order valence-electron chi connectivity index (χ1n) is 8.76. The number of benzene rings is 2. The van der Waals surface area contributed by atoms with E-state index in [4.69, 9.17) is 14.2 Å². The van der Waals surface area contributed by atoms with Crippen molar-refractivity contribution in [1.82, 2.24) is 0 Å².